The van der Waals surface area contributed by atoms with Crippen molar-refractivity contribution in [2.45, 2.75) is 361 Å². The quantitative estimate of drug-likeness (QED) is 0.0261. The summed E-state index contributed by atoms with van der Waals surface area (Å²) < 4.78 is 17.0. The van der Waals surface area contributed by atoms with Gasteiger partial charge < -0.3 is 14.2 Å². The van der Waals surface area contributed by atoms with Crippen LogP contribution in [0, 0.1) is 0 Å². The molecule has 6 nitrogen and oxygen atoms in total. The monoisotopic (exact) mass is 1130 g/mol. The highest BCUT2D eigenvalue weighted by Crippen LogP contribution is 2.18. The minimum Gasteiger partial charge on any atom is -0.462 e. The van der Waals surface area contributed by atoms with Gasteiger partial charge in [0.25, 0.3) is 0 Å². The van der Waals surface area contributed by atoms with Crippen LogP contribution in [-0.2, 0) is 28.6 Å². The second-order valence-electron chi connectivity index (χ2n) is 23.4. The van der Waals surface area contributed by atoms with Gasteiger partial charge in [-0.25, -0.2) is 0 Å². The summed E-state index contributed by atoms with van der Waals surface area (Å²) >= 11 is 0. The van der Waals surface area contributed by atoms with Gasteiger partial charge in [-0.1, -0.05) is 324 Å². The standard InChI is InChI=1S/C75H132O6/c1-4-7-10-13-16-19-22-25-28-31-34-35-36-37-38-39-42-44-47-50-53-56-59-62-65-68-74(77)80-71-72(81-75(78)69-66-63-60-57-54-51-48-45-41-33-30-27-24-21-18-15-12-9-6-3)70-79-73(76)67-64-61-58-55-52-49-46-43-40-32-29-26-23-20-17-14-11-8-5-2/h9,12,17-18,20-21,26-27,29-30,40-41,43,45,72H,4-8,10-11,13-16,19,22-25,28,31-39,42,44,46-71H2,1-3H3/b12-9-,20-17-,21-18-,29-26-,30-27-,43-40-,45-41-. The first kappa shape index (κ1) is 77.6. The van der Waals surface area contributed by atoms with Gasteiger partial charge in [0.15, 0.2) is 6.10 Å². The molecule has 0 aliphatic rings. The van der Waals surface area contributed by atoms with Crippen LogP contribution in [-0.4, -0.2) is 37.2 Å². The lowest BCUT2D eigenvalue weighted by Gasteiger charge is -2.18. The fourth-order valence-electron chi connectivity index (χ4n) is 10.2. The van der Waals surface area contributed by atoms with Crippen molar-refractivity contribution in [3.8, 4) is 0 Å². The number of carbonyl (C=O) groups excluding carboxylic acids is 3. The molecule has 81 heavy (non-hydrogen) atoms. The third-order valence-electron chi connectivity index (χ3n) is 15.4. The highest BCUT2D eigenvalue weighted by Gasteiger charge is 2.19. The normalized spacial score (nSPS) is 12.6. The highest BCUT2D eigenvalue weighted by atomic mass is 16.6. The summed E-state index contributed by atoms with van der Waals surface area (Å²) in [6, 6.07) is 0. The zero-order chi connectivity index (χ0) is 58.5. The largest absolute Gasteiger partial charge is 0.462 e. The third-order valence-corrected chi connectivity index (χ3v) is 15.4. The Kier molecular flexibility index (Phi) is 66.2. The molecule has 0 fully saturated rings. The van der Waals surface area contributed by atoms with Crippen LogP contribution in [0.2, 0.25) is 0 Å². The SMILES string of the molecule is CC/C=C\C/C=C\C/C=C\C/C=C\CCCCCCCCC(=O)OC(COC(=O)CCCCCCCC/C=C\C/C=C\C/C=C\CCCCC)COC(=O)CCCCCCCCCCCCCCCCCCCCCCCCCCC. The molecule has 0 heterocycles. The summed E-state index contributed by atoms with van der Waals surface area (Å²) in [5.74, 6) is -0.893. The number of carbonyl (C=O) groups is 3. The van der Waals surface area contributed by atoms with Gasteiger partial charge in [0.05, 0.1) is 0 Å². The highest BCUT2D eigenvalue weighted by molar-refractivity contribution is 5.71. The number of allylic oxidation sites excluding steroid dienone is 14. The van der Waals surface area contributed by atoms with E-state index in [1.807, 2.05) is 0 Å². The van der Waals surface area contributed by atoms with Crippen LogP contribution >= 0.6 is 0 Å². The second kappa shape index (κ2) is 69.1. The van der Waals surface area contributed by atoms with Gasteiger partial charge in [-0.2, -0.15) is 0 Å². The molecule has 6 heteroatoms. The van der Waals surface area contributed by atoms with E-state index in [0.29, 0.717) is 19.3 Å². The summed E-state index contributed by atoms with van der Waals surface area (Å²) in [6.45, 7) is 6.53. The number of esters is 3. The van der Waals surface area contributed by atoms with Crippen LogP contribution in [0.4, 0.5) is 0 Å². The smallest absolute Gasteiger partial charge is 0.306 e. The molecule has 0 aliphatic carbocycles. The molecule has 0 rings (SSSR count). The summed E-state index contributed by atoms with van der Waals surface area (Å²) in [4.78, 5) is 38.5. The van der Waals surface area contributed by atoms with Gasteiger partial charge in [0.2, 0.25) is 0 Å². The molecular weight excluding hydrogens is 997 g/mol. The van der Waals surface area contributed by atoms with Gasteiger partial charge in [0.1, 0.15) is 13.2 Å². The molecule has 0 aromatic rings. The minimum atomic E-state index is -0.792. The average Bonchev–Trinajstić information content (AvgIpc) is 3.47. The van der Waals surface area contributed by atoms with E-state index in [2.05, 4.69) is 106 Å². The van der Waals surface area contributed by atoms with Gasteiger partial charge in [-0.05, 0) is 96.3 Å². The minimum absolute atomic E-state index is 0.0840. The van der Waals surface area contributed by atoms with E-state index in [-0.39, 0.29) is 31.1 Å². The van der Waals surface area contributed by atoms with Crippen molar-refractivity contribution in [1.29, 1.82) is 0 Å². The first-order valence-corrected chi connectivity index (χ1v) is 35.1. The molecular formula is C75H132O6. The van der Waals surface area contributed by atoms with Crippen molar-refractivity contribution in [3.63, 3.8) is 0 Å². The van der Waals surface area contributed by atoms with Crippen LogP contribution in [0.25, 0.3) is 0 Å². The molecule has 0 N–H and O–H groups in total. The summed E-state index contributed by atoms with van der Waals surface area (Å²) in [5, 5.41) is 0. The zero-order valence-electron chi connectivity index (χ0n) is 53.8. The van der Waals surface area contributed by atoms with E-state index in [1.54, 1.807) is 0 Å². The third kappa shape index (κ3) is 67.3. The first-order valence-electron chi connectivity index (χ1n) is 35.1. The predicted octanol–water partition coefficient (Wildman–Crippen LogP) is 24.2. The number of rotatable bonds is 64. The fraction of sp³-hybridized carbons (Fsp3) is 0.773. The first-order chi connectivity index (χ1) is 40.0. The lowest BCUT2D eigenvalue weighted by Crippen LogP contribution is -2.30. The Balaban J connectivity index is 4.36. The Hall–Kier alpha value is -3.41. The fourth-order valence-corrected chi connectivity index (χ4v) is 10.2. The molecule has 468 valence electrons. The van der Waals surface area contributed by atoms with E-state index in [4.69, 9.17) is 14.2 Å². The van der Waals surface area contributed by atoms with E-state index in [9.17, 15) is 14.4 Å². The topological polar surface area (TPSA) is 78.9 Å². The van der Waals surface area contributed by atoms with Crippen LogP contribution in [0.15, 0.2) is 85.1 Å². The Bertz CT molecular complexity index is 1530. The van der Waals surface area contributed by atoms with E-state index in [1.165, 1.54) is 199 Å². The molecule has 0 bridgehead atoms. The van der Waals surface area contributed by atoms with Crippen LogP contribution in [0.5, 0.6) is 0 Å². The van der Waals surface area contributed by atoms with E-state index < -0.39 is 6.10 Å². The molecule has 0 aliphatic heterocycles. The molecule has 1 unspecified atom stereocenters. The second-order valence-corrected chi connectivity index (χ2v) is 23.4. The number of hydrogen-bond donors (Lipinski definition) is 0. The van der Waals surface area contributed by atoms with E-state index >= 15 is 0 Å². The summed E-state index contributed by atoms with van der Waals surface area (Å²) in [5.41, 5.74) is 0. The van der Waals surface area contributed by atoms with Gasteiger partial charge in [-0.3, -0.25) is 14.4 Å². The average molecular weight is 1130 g/mol. The van der Waals surface area contributed by atoms with Gasteiger partial charge in [0, 0.05) is 19.3 Å². The van der Waals surface area contributed by atoms with Crippen molar-refractivity contribution in [2.75, 3.05) is 13.2 Å². The maximum absolute atomic E-state index is 13.0. The van der Waals surface area contributed by atoms with Gasteiger partial charge >= 0.3 is 17.9 Å². The molecule has 1 atom stereocenters. The molecule has 0 spiro atoms. The molecule has 0 aromatic carbocycles. The summed E-state index contributed by atoms with van der Waals surface area (Å²) in [7, 11) is 0. The Morgan fingerprint density at radius 3 is 0.778 bits per heavy atom. The summed E-state index contributed by atoms with van der Waals surface area (Å²) in [6.07, 6.45) is 91.7. The number of hydrogen-bond acceptors (Lipinski definition) is 6. The van der Waals surface area contributed by atoms with Crippen LogP contribution in [0.1, 0.15) is 355 Å². The Morgan fingerprint density at radius 2 is 0.481 bits per heavy atom. The lowest BCUT2D eigenvalue weighted by molar-refractivity contribution is -0.167. The predicted molar refractivity (Wildman–Crippen MR) is 353 cm³/mol. The van der Waals surface area contributed by atoms with Crippen molar-refractivity contribution in [3.05, 3.63) is 85.1 Å². The van der Waals surface area contributed by atoms with Crippen molar-refractivity contribution >= 4 is 17.9 Å². The Morgan fingerprint density at radius 1 is 0.259 bits per heavy atom. The molecule has 0 aromatic heterocycles. The van der Waals surface area contributed by atoms with Crippen LogP contribution < -0.4 is 0 Å². The Labute approximate surface area is 503 Å². The number of ether oxygens (including phenoxy) is 3. The maximum atomic E-state index is 13.0. The van der Waals surface area contributed by atoms with Crippen LogP contribution in [0.3, 0.4) is 0 Å². The van der Waals surface area contributed by atoms with Crippen molar-refractivity contribution in [2.24, 2.45) is 0 Å². The number of unbranched alkanes of at least 4 members (excludes halogenated alkanes) is 39. The molecule has 0 saturated heterocycles. The maximum Gasteiger partial charge on any atom is 0.306 e. The lowest BCUT2D eigenvalue weighted by atomic mass is 10.0. The van der Waals surface area contributed by atoms with Crippen molar-refractivity contribution in [1.82, 2.24) is 0 Å². The van der Waals surface area contributed by atoms with E-state index in [0.717, 1.165) is 116 Å². The zero-order valence-corrected chi connectivity index (χ0v) is 53.8. The van der Waals surface area contributed by atoms with Crippen molar-refractivity contribution < 1.29 is 28.6 Å². The van der Waals surface area contributed by atoms with Gasteiger partial charge in [-0.15, -0.1) is 0 Å². The molecule has 0 radical (unpaired) electrons. The molecule has 0 amide bonds. The molecule has 0 saturated carbocycles.